The Kier molecular flexibility index (Phi) is 13.7. The average molecular weight is 540 g/mol. The molecule has 1 unspecified atom stereocenters. The molecule has 2 amide bonds. The second-order valence-electron chi connectivity index (χ2n) is 8.74. The quantitative estimate of drug-likeness (QED) is 0.236. The van der Waals surface area contributed by atoms with Gasteiger partial charge in [0.1, 0.15) is 11.8 Å². The Morgan fingerprint density at radius 3 is 2.26 bits per heavy atom. The largest absolute Gasteiger partial charge is 0.484 e. The molecule has 0 bridgehead atoms. The van der Waals surface area contributed by atoms with E-state index in [4.69, 9.17) is 9.47 Å². The Labute approximate surface area is 212 Å². The number of carbonyl (C=O) groups excluding carboxylic acids is 3. The van der Waals surface area contributed by atoms with Gasteiger partial charge in [0.2, 0.25) is 5.91 Å². The first-order valence-corrected chi connectivity index (χ1v) is 13.4. The van der Waals surface area contributed by atoms with Crippen LogP contribution < -0.4 is 10.1 Å². The van der Waals surface area contributed by atoms with E-state index in [9.17, 15) is 14.4 Å². The number of hydrogen-bond donors (Lipinski definition) is 1. The molecule has 0 aromatic heterocycles. The third-order valence-electron chi connectivity index (χ3n) is 5.95. The normalized spacial score (nSPS) is 15.6. The van der Waals surface area contributed by atoms with Gasteiger partial charge in [0.15, 0.2) is 6.61 Å². The van der Waals surface area contributed by atoms with Crippen molar-refractivity contribution in [1.29, 1.82) is 0 Å². The van der Waals surface area contributed by atoms with Crippen molar-refractivity contribution >= 4 is 33.7 Å². The van der Waals surface area contributed by atoms with Gasteiger partial charge in [0.05, 0.1) is 13.0 Å². The van der Waals surface area contributed by atoms with Gasteiger partial charge in [0.25, 0.3) is 5.91 Å². The van der Waals surface area contributed by atoms with E-state index < -0.39 is 12.0 Å². The summed E-state index contributed by atoms with van der Waals surface area (Å²) in [5.74, 6) is -0.556. The van der Waals surface area contributed by atoms with Gasteiger partial charge < -0.3 is 19.7 Å². The molecule has 1 heterocycles. The van der Waals surface area contributed by atoms with Crippen molar-refractivity contribution in [3.63, 3.8) is 0 Å². The molecule has 0 aliphatic carbocycles. The Morgan fingerprint density at radius 2 is 1.62 bits per heavy atom. The van der Waals surface area contributed by atoms with Gasteiger partial charge >= 0.3 is 5.97 Å². The highest BCUT2D eigenvalue weighted by Crippen LogP contribution is 2.17. The standard InChI is InChI=1S/C26H39BrN2O5/c1-2-3-4-5-6-7-8-9-10-11-18-33-25(31)19-23-26(32)28-16-17-29(23)24(30)20-34-22-14-12-21(27)13-15-22/h12-15,23H,2-11,16-20H2,1H3,(H,28,32). The van der Waals surface area contributed by atoms with E-state index in [2.05, 4.69) is 28.2 Å². The molecule has 1 fully saturated rings. The molecule has 2 rings (SSSR count). The zero-order valence-corrected chi connectivity index (χ0v) is 21.9. The molecule has 1 aliphatic heterocycles. The molecule has 1 aliphatic rings. The van der Waals surface area contributed by atoms with Crippen LogP contribution in [0, 0.1) is 0 Å². The summed E-state index contributed by atoms with van der Waals surface area (Å²) >= 11 is 3.35. The number of piperazine rings is 1. The van der Waals surface area contributed by atoms with Crippen LogP contribution >= 0.6 is 15.9 Å². The molecule has 1 aromatic carbocycles. The van der Waals surface area contributed by atoms with Crippen molar-refractivity contribution < 1.29 is 23.9 Å². The highest BCUT2D eigenvalue weighted by molar-refractivity contribution is 9.10. The van der Waals surface area contributed by atoms with E-state index in [0.717, 1.165) is 23.7 Å². The summed E-state index contributed by atoms with van der Waals surface area (Å²) in [6.07, 6.45) is 11.9. The summed E-state index contributed by atoms with van der Waals surface area (Å²) < 4.78 is 11.8. The number of esters is 1. The summed E-state index contributed by atoms with van der Waals surface area (Å²) in [6.45, 7) is 3.08. The number of amides is 2. The highest BCUT2D eigenvalue weighted by Gasteiger charge is 2.35. The summed E-state index contributed by atoms with van der Waals surface area (Å²) in [7, 11) is 0. The molecule has 1 N–H and O–H groups in total. The van der Waals surface area contributed by atoms with Crippen LogP contribution in [0.15, 0.2) is 28.7 Å². The van der Waals surface area contributed by atoms with Crippen molar-refractivity contribution in [1.82, 2.24) is 10.2 Å². The van der Waals surface area contributed by atoms with E-state index in [1.165, 1.54) is 49.8 Å². The van der Waals surface area contributed by atoms with E-state index in [1.807, 2.05) is 12.1 Å². The van der Waals surface area contributed by atoms with Gasteiger partial charge in [-0.1, -0.05) is 80.6 Å². The number of benzene rings is 1. The Hall–Kier alpha value is -2.09. The zero-order valence-electron chi connectivity index (χ0n) is 20.4. The molecule has 0 radical (unpaired) electrons. The molecular weight excluding hydrogens is 500 g/mol. The minimum atomic E-state index is -0.866. The second kappa shape index (κ2) is 16.5. The number of carbonyl (C=O) groups is 3. The minimum Gasteiger partial charge on any atom is -0.484 e. The molecule has 1 saturated heterocycles. The Bertz CT molecular complexity index is 756. The van der Waals surface area contributed by atoms with Gasteiger partial charge in [-0.05, 0) is 30.7 Å². The molecule has 190 valence electrons. The molecule has 7 nitrogen and oxygen atoms in total. The molecule has 34 heavy (non-hydrogen) atoms. The van der Waals surface area contributed by atoms with E-state index in [0.29, 0.717) is 25.4 Å². The summed E-state index contributed by atoms with van der Waals surface area (Å²) in [5.41, 5.74) is 0. The number of unbranched alkanes of at least 4 members (excludes halogenated alkanes) is 9. The van der Waals surface area contributed by atoms with Crippen LogP contribution in [0.5, 0.6) is 5.75 Å². The predicted molar refractivity (Wildman–Crippen MR) is 136 cm³/mol. The first kappa shape index (κ1) is 28.1. The van der Waals surface area contributed by atoms with Crippen molar-refractivity contribution in [2.24, 2.45) is 0 Å². The van der Waals surface area contributed by atoms with E-state index >= 15 is 0 Å². The monoisotopic (exact) mass is 538 g/mol. The lowest BCUT2D eigenvalue weighted by Gasteiger charge is -2.34. The fraction of sp³-hybridized carbons (Fsp3) is 0.654. The van der Waals surface area contributed by atoms with Crippen LogP contribution in [0.2, 0.25) is 0 Å². The van der Waals surface area contributed by atoms with Crippen LogP contribution in [0.1, 0.15) is 77.6 Å². The molecular formula is C26H39BrN2O5. The SMILES string of the molecule is CCCCCCCCCCCCOC(=O)CC1C(=O)NCCN1C(=O)COc1ccc(Br)cc1. The predicted octanol–water partition coefficient (Wildman–Crippen LogP) is 5.01. The average Bonchev–Trinajstić information content (AvgIpc) is 2.83. The third-order valence-corrected chi connectivity index (χ3v) is 6.48. The number of nitrogens with one attached hydrogen (secondary N) is 1. The maximum Gasteiger partial charge on any atom is 0.308 e. The van der Waals surface area contributed by atoms with Crippen molar-refractivity contribution in [3.05, 3.63) is 28.7 Å². The van der Waals surface area contributed by atoms with E-state index in [1.54, 1.807) is 12.1 Å². The number of hydrogen-bond acceptors (Lipinski definition) is 5. The smallest absolute Gasteiger partial charge is 0.308 e. The summed E-state index contributed by atoms with van der Waals surface area (Å²) in [5, 5.41) is 2.73. The van der Waals surface area contributed by atoms with Gasteiger partial charge in [-0.15, -0.1) is 0 Å². The number of ether oxygens (including phenoxy) is 2. The Morgan fingerprint density at radius 1 is 1.00 bits per heavy atom. The van der Waals surface area contributed by atoms with Crippen molar-refractivity contribution in [2.75, 3.05) is 26.3 Å². The second-order valence-corrected chi connectivity index (χ2v) is 9.66. The van der Waals surface area contributed by atoms with Crippen LogP contribution in [0.3, 0.4) is 0 Å². The van der Waals surface area contributed by atoms with Gasteiger partial charge in [0, 0.05) is 17.6 Å². The maximum atomic E-state index is 12.7. The molecule has 1 atom stereocenters. The lowest BCUT2D eigenvalue weighted by atomic mass is 10.1. The van der Waals surface area contributed by atoms with Crippen LogP contribution in [-0.4, -0.2) is 55.0 Å². The maximum absolute atomic E-state index is 12.7. The summed E-state index contributed by atoms with van der Waals surface area (Å²) in [4.78, 5) is 38.8. The third kappa shape index (κ3) is 10.9. The number of nitrogens with zero attached hydrogens (tertiary/aromatic N) is 1. The number of rotatable bonds is 16. The van der Waals surface area contributed by atoms with Gasteiger partial charge in [-0.2, -0.15) is 0 Å². The van der Waals surface area contributed by atoms with Crippen LogP contribution in [0.25, 0.3) is 0 Å². The molecule has 0 saturated carbocycles. The first-order valence-electron chi connectivity index (χ1n) is 12.6. The molecule has 0 spiro atoms. The van der Waals surface area contributed by atoms with Gasteiger partial charge in [-0.25, -0.2) is 0 Å². The first-order chi connectivity index (χ1) is 16.5. The fourth-order valence-electron chi connectivity index (χ4n) is 3.97. The number of halogens is 1. The van der Waals surface area contributed by atoms with Gasteiger partial charge in [-0.3, -0.25) is 14.4 Å². The van der Waals surface area contributed by atoms with Crippen LogP contribution in [0.4, 0.5) is 0 Å². The highest BCUT2D eigenvalue weighted by atomic mass is 79.9. The fourth-order valence-corrected chi connectivity index (χ4v) is 4.23. The lowest BCUT2D eigenvalue weighted by molar-refractivity contribution is -0.152. The van der Waals surface area contributed by atoms with E-state index in [-0.39, 0.29) is 24.8 Å². The Balaban J connectivity index is 1.65. The summed E-state index contributed by atoms with van der Waals surface area (Å²) in [6, 6.07) is 6.28. The zero-order chi connectivity index (χ0) is 24.6. The molecule has 8 heteroatoms. The van der Waals surface area contributed by atoms with Crippen molar-refractivity contribution in [2.45, 2.75) is 83.6 Å². The molecule has 1 aromatic rings. The van der Waals surface area contributed by atoms with Crippen LogP contribution in [-0.2, 0) is 19.1 Å². The minimum absolute atomic E-state index is 0.145. The lowest BCUT2D eigenvalue weighted by Crippen LogP contribution is -2.58. The topological polar surface area (TPSA) is 84.9 Å². The van der Waals surface area contributed by atoms with Crippen molar-refractivity contribution in [3.8, 4) is 5.75 Å².